The van der Waals surface area contributed by atoms with E-state index < -0.39 is 0 Å². The highest BCUT2D eigenvalue weighted by Crippen LogP contribution is 2.31. The first-order chi connectivity index (χ1) is 9.45. The van der Waals surface area contributed by atoms with Crippen LogP contribution in [0.25, 0.3) is 11.0 Å². The van der Waals surface area contributed by atoms with Crippen molar-refractivity contribution in [3.63, 3.8) is 0 Å². The molecule has 0 spiro atoms. The Kier molecular flexibility index (Phi) is 4.69. The van der Waals surface area contributed by atoms with E-state index in [-0.39, 0.29) is 17.2 Å². The molecule has 1 aromatic heterocycles. The maximum atomic E-state index is 13.9. The van der Waals surface area contributed by atoms with Gasteiger partial charge in [-0.25, -0.2) is 9.37 Å². The second-order valence-corrected chi connectivity index (χ2v) is 6.32. The molecule has 4 heteroatoms. The van der Waals surface area contributed by atoms with Crippen molar-refractivity contribution in [1.82, 2.24) is 9.55 Å². The molecule has 2 aromatic rings. The molecule has 110 valence electrons. The maximum absolute atomic E-state index is 13.9. The SMILES string of the molecule is CCC(C)CC(C)n1c(C(C)Cl)nc2c(F)cccc21. The van der Waals surface area contributed by atoms with Gasteiger partial charge in [-0.05, 0) is 38.3 Å². The molecule has 1 aromatic carbocycles. The fourth-order valence-corrected chi connectivity index (χ4v) is 2.85. The van der Waals surface area contributed by atoms with Gasteiger partial charge in [0, 0.05) is 6.04 Å². The van der Waals surface area contributed by atoms with Crippen LogP contribution in [-0.4, -0.2) is 9.55 Å². The topological polar surface area (TPSA) is 17.8 Å². The predicted octanol–water partition coefficient (Wildman–Crippen LogP) is 5.47. The van der Waals surface area contributed by atoms with Crippen LogP contribution in [0.1, 0.15) is 57.8 Å². The Balaban J connectivity index is 2.54. The molecular weight excluding hydrogens is 275 g/mol. The monoisotopic (exact) mass is 296 g/mol. The van der Waals surface area contributed by atoms with E-state index in [0.717, 1.165) is 24.2 Å². The van der Waals surface area contributed by atoms with E-state index in [9.17, 15) is 4.39 Å². The molecule has 0 saturated heterocycles. The first-order valence-electron chi connectivity index (χ1n) is 7.26. The lowest BCUT2D eigenvalue weighted by atomic mass is 10.00. The van der Waals surface area contributed by atoms with Crippen LogP contribution >= 0.6 is 11.6 Å². The molecule has 20 heavy (non-hydrogen) atoms. The molecule has 2 rings (SSSR count). The van der Waals surface area contributed by atoms with Crippen LogP contribution in [0.5, 0.6) is 0 Å². The average molecular weight is 297 g/mol. The highest BCUT2D eigenvalue weighted by atomic mass is 35.5. The lowest BCUT2D eigenvalue weighted by Crippen LogP contribution is -2.12. The molecule has 0 aliphatic heterocycles. The van der Waals surface area contributed by atoms with Gasteiger partial charge in [-0.1, -0.05) is 26.3 Å². The number of fused-ring (bicyclic) bond motifs is 1. The van der Waals surface area contributed by atoms with E-state index in [4.69, 9.17) is 11.6 Å². The zero-order valence-corrected chi connectivity index (χ0v) is 13.3. The number of imidazole rings is 1. The highest BCUT2D eigenvalue weighted by molar-refractivity contribution is 6.20. The van der Waals surface area contributed by atoms with Crippen LogP contribution < -0.4 is 0 Å². The summed E-state index contributed by atoms with van der Waals surface area (Å²) in [6.07, 6.45) is 2.17. The second kappa shape index (κ2) is 6.13. The lowest BCUT2D eigenvalue weighted by Gasteiger charge is -2.21. The minimum atomic E-state index is -0.282. The van der Waals surface area contributed by atoms with Gasteiger partial charge in [0.05, 0.1) is 10.9 Å². The second-order valence-electron chi connectivity index (χ2n) is 5.66. The average Bonchev–Trinajstić information content (AvgIpc) is 2.79. The number of nitrogens with zero attached hydrogens (tertiary/aromatic N) is 2. The molecule has 0 fully saturated rings. The Morgan fingerprint density at radius 3 is 2.60 bits per heavy atom. The summed E-state index contributed by atoms with van der Waals surface area (Å²) in [5.74, 6) is 1.09. The minimum absolute atomic E-state index is 0.235. The Hall–Kier alpha value is -1.09. The smallest absolute Gasteiger partial charge is 0.151 e. The van der Waals surface area contributed by atoms with Crippen molar-refractivity contribution < 1.29 is 4.39 Å². The molecule has 0 aliphatic carbocycles. The number of rotatable bonds is 5. The lowest BCUT2D eigenvalue weighted by molar-refractivity contribution is 0.397. The fraction of sp³-hybridized carbons (Fsp3) is 0.562. The normalized spacial score (nSPS) is 16.3. The predicted molar refractivity (Wildman–Crippen MR) is 82.7 cm³/mol. The van der Waals surface area contributed by atoms with Crippen LogP contribution in [0.4, 0.5) is 4.39 Å². The van der Waals surface area contributed by atoms with Gasteiger partial charge in [-0.2, -0.15) is 0 Å². The molecule has 3 unspecified atom stereocenters. The Bertz CT molecular complexity index is 591. The van der Waals surface area contributed by atoms with Crippen LogP contribution in [0.2, 0.25) is 0 Å². The van der Waals surface area contributed by atoms with E-state index in [1.807, 2.05) is 13.0 Å². The molecule has 0 radical (unpaired) electrons. The zero-order valence-electron chi connectivity index (χ0n) is 12.5. The standard InChI is InChI=1S/C16H22ClFN2/c1-5-10(2)9-11(3)20-14-8-6-7-13(18)15(14)19-16(20)12(4)17/h6-8,10-12H,5,9H2,1-4H3. The third-order valence-electron chi connectivity index (χ3n) is 3.94. The molecule has 0 saturated carbocycles. The number of para-hydroxylation sites is 1. The molecule has 3 atom stereocenters. The van der Waals surface area contributed by atoms with Gasteiger partial charge in [-0.3, -0.25) is 0 Å². The Morgan fingerprint density at radius 1 is 1.30 bits per heavy atom. The number of benzene rings is 1. The summed E-state index contributed by atoms with van der Waals surface area (Å²) >= 11 is 6.24. The van der Waals surface area contributed by atoms with Gasteiger partial charge in [0.2, 0.25) is 0 Å². The van der Waals surface area contributed by atoms with Crippen molar-refractivity contribution in [2.75, 3.05) is 0 Å². The van der Waals surface area contributed by atoms with E-state index in [2.05, 4.69) is 30.3 Å². The summed E-state index contributed by atoms with van der Waals surface area (Å²) in [6.45, 7) is 8.46. The van der Waals surface area contributed by atoms with Crippen molar-refractivity contribution in [1.29, 1.82) is 0 Å². The Morgan fingerprint density at radius 2 is 2.00 bits per heavy atom. The fourth-order valence-electron chi connectivity index (χ4n) is 2.70. The molecule has 0 N–H and O–H groups in total. The first kappa shape index (κ1) is 15.3. The largest absolute Gasteiger partial charge is 0.324 e. The van der Waals surface area contributed by atoms with Crippen LogP contribution in [0, 0.1) is 11.7 Å². The number of aromatic nitrogens is 2. The van der Waals surface area contributed by atoms with Gasteiger partial charge in [0.15, 0.2) is 5.82 Å². The van der Waals surface area contributed by atoms with E-state index in [0.29, 0.717) is 11.4 Å². The highest BCUT2D eigenvalue weighted by Gasteiger charge is 2.21. The summed E-state index contributed by atoms with van der Waals surface area (Å²) in [5.41, 5.74) is 1.26. The third kappa shape index (κ3) is 2.83. The van der Waals surface area contributed by atoms with Gasteiger partial charge >= 0.3 is 0 Å². The summed E-state index contributed by atoms with van der Waals surface area (Å²) < 4.78 is 16.0. The van der Waals surface area contributed by atoms with Crippen molar-refractivity contribution in [3.05, 3.63) is 29.8 Å². The maximum Gasteiger partial charge on any atom is 0.151 e. The summed E-state index contributed by atoms with van der Waals surface area (Å²) in [5, 5.41) is -0.235. The molecular formula is C16H22ClFN2. The van der Waals surface area contributed by atoms with Crippen LogP contribution in [0.3, 0.4) is 0 Å². The van der Waals surface area contributed by atoms with E-state index in [1.54, 1.807) is 6.07 Å². The number of hydrogen-bond acceptors (Lipinski definition) is 1. The molecule has 1 heterocycles. The van der Waals surface area contributed by atoms with Crippen molar-refractivity contribution >= 4 is 22.6 Å². The van der Waals surface area contributed by atoms with Crippen LogP contribution in [0.15, 0.2) is 18.2 Å². The number of hydrogen-bond donors (Lipinski definition) is 0. The zero-order chi connectivity index (χ0) is 14.9. The quantitative estimate of drug-likeness (QED) is 0.669. The summed E-state index contributed by atoms with van der Waals surface area (Å²) in [4.78, 5) is 4.42. The molecule has 0 bridgehead atoms. The van der Waals surface area contributed by atoms with E-state index >= 15 is 0 Å². The van der Waals surface area contributed by atoms with Gasteiger partial charge < -0.3 is 4.57 Å². The minimum Gasteiger partial charge on any atom is -0.324 e. The summed E-state index contributed by atoms with van der Waals surface area (Å²) in [6, 6.07) is 5.35. The van der Waals surface area contributed by atoms with Crippen LogP contribution in [-0.2, 0) is 0 Å². The number of halogens is 2. The van der Waals surface area contributed by atoms with E-state index in [1.165, 1.54) is 6.07 Å². The molecule has 2 nitrogen and oxygen atoms in total. The van der Waals surface area contributed by atoms with Gasteiger partial charge in [0.1, 0.15) is 11.3 Å². The molecule has 0 amide bonds. The van der Waals surface area contributed by atoms with Crippen molar-refractivity contribution in [2.45, 2.75) is 52.0 Å². The molecule has 0 aliphatic rings. The van der Waals surface area contributed by atoms with Crippen molar-refractivity contribution in [2.24, 2.45) is 5.92 Å². The first-order valence-corrected chi connectivity index (χ1v) is 7.69. The Labute approximate surface area is 125 Å². The van der Waals surface area contributed by atoms with Gasteiger partial charge in [-0.15, -0.1) is 11.6 Å². The third-order valence-corrected chi connectivity index (χ3v) is 4.13. The summed E-state index contributed by atoms with van der Waals surface area (Å²) in [7, 11) is 0. The van der Waals surface area contributed by atoms with Crippen molar-refractivity contribution in [3.8, 4) is 0 Å². The number of alkyl halides is 1. The van der Waals surface area contributed by atoms with Gasteiger partial charge in [0.25, 0.3) is 0 Å².